The normalized spacial score (nSPS) is 20.3. The van der Waals surface area contributed by atoms with Crippen LogP contribution in [0.4, 0.5) is 4.79 Å². The van der Waals surface area contributed by atoms with Crippen molar-refractivity contribution >= 4 is 22.0 Å². The number of hydrogen-bond donors (Lipinski definition) is 1. The number of hydrogen-bond acceptors (Lipinski definition) is 4. The largest absolute Gasteiger partial charge is 0.373 e. The molecule has 2 aromatic rings. The van der Waals surface area contributed by atoms with Crippen molar-refractivity contribution in [2.75, 3.05) is 20.2 Å². The summed E-state index contributed by atoms with van der Waals surface area (Å²) in [6.07, 6.45) is 6.15. The fourth-order valence-electron chi connectivity index (χ4n) is 3.38. The molecule has 1 unspecified atom stereocenters. The highest BCUT2D eigenvalue weighted by molar-refractivity contribution is 9.10. The molecular weight excluding hydrogens is 408 g/mol. The number of ether oxygens (including phenoxy) is 1. The number of pyridine rings is 2. The molecule has 2 amide bonds. The van der Waals surface area contributed by atoms with Crippen LogP contribution in [0.1, 0.15) is 42.3 Å². The van der Waals surface area contributed by atoms with E-state index < -0.39 is 0 Å². The third-order valence-electron chi connectivity index (χ3n) is 5.22. The van der Waals surface area contributed by atoms with Crippen LogP contribution in [-0.4, -0.2) is 41.1 Å². The molecule has 3 atom stereocenters. The smallest absolute Gasteiger partial charge is 0.317 e. The summed E-state index contributed by atoms with van der Waals surface area (Å²) in [4.78, 5) is 22.8. The van der Waals surface area contributed by atoms with Gasteiger partial charge in [0, 0.05) is 60.4 Å². The van der Waals surface area contributed by atoms with Gasteiger partial charge in [-0.15, -0.1) is 0 Å². The van der Waals surface area contributed by atoms with Gasteiger partial charge in [-0.1, -0.05) is 0 Å². The summed E-state index contributed by atoms with van der Waals surface area (Å²) >= 11 is 3.48. The lowest BCUT2D eigenvalue weighted by molar-refractivity contribution is 0.0895. The lowest BCUT2D eigenvalue weighted by Crippen LogP contribution is -2.41. The van der Waals surface area contributed by atoms with Crippen LogP contribution in [0.15, 0.2) is 41.3 Å². The van der Waals surface area contributed by atoms with E-state index in [2.05, 4.69) is 37.3 Å². The molecule has 0 spiro atoms. The van der Waals surface area contributed by atoms with E-state index in [-0.39, 0.29) is 24.1 Å². The first-order valence-corrected chi connectivity index (χ1v) is 9.91. The third kappa shape index (κ3) is 4.65. The van der Waals surface area contributed by atoms with Crippen LogP contribution in [0.2, 0.25) is 0 Å². The summed E-state index contributed by atoms with van der Waals surface area (Å²) in [5.41, 5.74) is 3.10. The average Bonchev–Trinajstić information content (AvgIpc) is 3.15. The van der Waals surface area contributed by atoms with E-state index >= 15 is 0 Å². The van der Waals surface area contributed by atoms with Gasteiger partial charge in [-0.2, -0.15) is 0 Å². The van der Waals surface area contributed by atoms with Crippen molar-refractivity contribution in [3.8, 4) is 0 Å². The topological polar surface area (TPSA) is 67.3 Å². The molecule has 6 nitrogen and oxygen atoms in total. The lowest BCUT2D eigenvalue weighted by atomic mass is 9.94. The van der Waals surface area contributed by atoms with Crippen molar-refractivity contribution in [1.82, 2.24) is 20.2 Å². The van der Waals surface area contributed by atoms with Crippen molar-refractivity contribution in [3.05, 3.63) is 58.1 Å². The van der Waals surface area contributed by atoms with E-state index in [4.69, 9.17) is 4.74 Å². The second-order valence-corrected chi connectivity index (χ2v) is 7.84. The first kappa shape index (κ1) is 19.8. The Kier molecular flexibility index (Phi) is 6.44. The van der Waals surface area contributed by atoms with Gasteiger partial charge in [0.2, 0.25) is 0 Å². The molecule has 1 aliphatic rings. The van der Waals surface area contributed by atoms with Crippen LogP contribution in [0.3, 0.4) is 0 Å². The predicted octanol–water partition coefficient (Wildman–Crippen LogP) is 4.03. The number of halogens is 1. The number of aromatic nitrogens is 2. The Balaban J connectivity index is 1.61. The maximum absolute atomic E-state index is 12.6. The van der Waals surface area contributed by atoms with Crippen LogP contribution >= 0.6 is 15.9 Å². The Morgan fingerprint density at radius 1 is 1.44 bits per heavy atom. The molecule has 1 saturated heterocycles. The number of urea groups is 1. The molecule has 1 fully saturated rings. The van der Waals surface area contributed by atoms with Crippen molar-refractivity contribution < 1.29 is 9.53 Å². The number of aryl methyl sites for hydroxylation is 1. The van der Waals surface area contributed by atoms with E-state index in [0.29, 0.717) is 13.2 Å². The summed E-state index contributed by atoms with van der Waals surface area (Å²) in [5, 5.41) is 3.07. The molecule has 0 radical (unpaired) electrons. The van der Waals surface area contributed by atoms with Gasteiger partial charge < -0.3 is 15.0 Å². The Morgan fingerprint density at radius 3 is 2.93 bits per heavy atom. The van der Waals surface area contributed by atoms with Gasteiger partial charge in [0.25, 0.3) is 0 Å². The van der Waals surface area contributed by atoms with Crippen LogP contribution in [0.5, 0.6) is 0 Å². The predicted molar refractivity (Wildman–Crippen MR) is 107 cm³/mol. The summed E-state index contributed by atoms with van der Waals surface area (Å²) in [6, 6.07) is 5.80. The quantitative estimate of drug-likeness (QED) is 0.774. The molecule has 27 heavy (non-hydrogen) atoms. The molecular formula is C20H25BrN4O2. The number of nitrogens with one attached hydrogen (secondary N) is 1. The molecule has 0 bridgehead atoms. The maximum Gasteiger partial charge on any atom is 0.317 e. The number of carbonyl (C=O) groups excluding carboxylic acids is 1. The van der Waals surface area contributed by atoms with Crippen LogP contribution in [-0.2, 0) is 4.74 Å². The SMILES string of the molecule is Cc1ncc(Br)cc1[C@H]1OCCC1CNC(=O)N(C)[C@@H](C)c1ccncc1. The van der Waals surface area contributed by atoms with E-state index in [9.17, 15) is 4.79 Å². The molecule has 144 valence electrons. The zero-order valence-electron chi connectivity index (χ0n) is 15.9. The minimum absolute atomic E-state index is 0.0276. The van der Waals surface area contributed by atoms with Gasteiger partial charge in [-0.25, -0.2) is 4.79 Å². The molecule has 0 saturated carbocycles. The Hall–Kier alpha value is -1.99. The molecule has 7 heteroatoms. The zero-order valence-corrected chi connectivity index (χ0v) is 17.4. The van der Waals surface area contributed by atoms with Gasteiger partial charge in [-0.05, 0) is 60.0 Å². The van der Waals surface area contributed by atoms with Crippen molar-refractivity contribution in [2.24, 2.45) is 5.92 Å². The van der Waals surface area contributed by atoms with E-state index in [1.165, 1.54) is 0 Å². The monoisotopic (exact) mass is 432 g/mol. The van der Waals surface area contributed by atoms with Crippen molar-refractivity contribution in [1.29, 1.82) is 0 Å². The molecule has 0 aromatic carbocycles. The highest BCUT2D eigenvalue weighted by atomic mass is 79.9. The van der Waals surface area contributed by atoms with Crippen LogP contribution in [0.25, 0.3) is 0 Å². The molecule has 3 rings (SSSR count). The zero-order chi connectivity index (χ0) is 19.4. The first-order chi connectivity index (χ1) is 13.0. The summed E-state index contributed by atoms with van der Waals surface area (Å²) < 4.78 is 6.90. The average molecular weight is 433 g/mol. The Morgan fingerprint density at radius 2 is 2.19 bits per heavy atom. The Bertz CT molecular complexity index is 787. The van der Waals surface area contributed by atoms with Gasteiger partial charge >= 0.3 is 6.03 Å². The van der Waals surface area contributed by atoms with Gasteiger partial charge in [-0.3, -0.25) is 9.97 Å². The van der Waals surface area contributed by atoms with E-state index in [1.54, 1.807) is 23.5 Å². The summed E-state index contributed by atoms with van der Waals surface area (Å²) in [6.45, 7) is 5.26. The minimum atomic E-state index is -0.0888. The first-order valence-electron chi connectivity index (χ1n) is 9.11. The number of amides is 2. The molecule has 0 aliphatic carbocycles. The fourth-order valence-corrected chi connectivity index (χ4v) is 3.73. The summed E-state index contributed by atoms with van der Waals surface area (Å²) in [5.74, 6) is 0.230. The second-order valence-electron chi connectivity index (χ2n) is 6.92. The van der Waals surface area contributed by atoms with Gasteiger partial charge in [0.15, 0.2) is 0 Å². The lowest BCUT2D eigenvalue weighted by Gasteiger charge is -2.27. The standard InChI is InChI=1S/C20H25BrN4O2/c1-13-18(10-17(21)12-23-13)19-16(6-9-27-19)11-24-20(26)25(3)14(2)15-4-7-22-8-5-15/h4-5,7-8,10,12,14,16,19H,6,9,11H2,1-3H3,(H,24,26)/t14-,16?,19-/m0/s1. The number of carbonyl (C=O) groups is 1. The van der Waals surface area contributed by atoms with E-state index in [1.807, 2.05) is 33.0 Å². The van der Waals surface area contributed by atoms with Crippen LogP contribution in [0, 0.1) is 12.8 Å². The van der Waals surface area contributed by atoms with Crippen molar-refractivity contribution in [2.45, 2.75) is 32.4 Å². The molecule has 3 heterocycles. The highest BCUT2D eigenvalue weighted by Crippen LogP contribution is 2.36. The van der Waals surface area contributed by atoms with Crippen molar-refractivity contribution in [3.63, 3.8) is 0 Å². The van der Waals surface area contributed by atoms with Crippen LogP contribution < -0.4 is 5.32 Å². The Labute approximate surface area is 168 Å². The molecule has 1 aliphatic heterocycles. The van der Waals surface area contributed by atoms with Gasteiger partial charge in [0.05, 0.1) is 12.1 Å². The van der Waals surface area contributed by atoms with Gasteiger partial charge in [0.1, 0.15) is 0 Å². The third-order valence-corrected chi connectivity index (χ3v) is 5.65. The highest BCUT2D eigenvalue weighted by Gasteiger charge is 2.32. The second kappa shape index (κ2) is 8.80. The fraction of sp³-hybridized carbons (Fsp3) is 0.450. The number of rotatable bonds is 5. The minimum Gasteiger partial charge on any atom is -0.373 e. The maximum atomic E-state index is 12.6. The molecule has 1 N–H and O–H groups in total. The molecule has 2 aromatic heterocycles. The summed E-state index contributed by atoms with van der Waals surface area (Å²) in [7, 11) is 1.81. The van der Waals surface area contributed by atoms with E-state index in [0.717, 1.165) is 27.7 Å². The number of nitrogens with zero attached hydrogens (tertiary/aromatic N) is 3.